The maximum Gasteiger partial charge on any atom is 0.323 e. The average molecular weight is 333 g/mol. The highest BCUT2D eigenvalue weighted by Gasteiger charge is 2.37. The Balaban J connectivity index is 2.08. The fourth-order valence-electron chi connectivity index (χ4n) is 2.40. The molecule has 0 unspecified atom stereocenters. The van der Waals surface area contributed by atoms with Gasteiger partial charge in [-0.25, -0.2) is 13.1 Å². The number of nitrogens with one attached hydrogen (secondary N) is 1. The molecule has 0 spiro atoms. The van der Waals surface area contributed by atoms with Crippen molar-refractivity contribution < 1.29 is 17.9 Å². The Hall–Kier alpha value is -1.15. The van der Waals surface area contributed by atoms with Gasteiger partial charge in [0, 0.05) is 17.6 Å². The van der Waals surface area contributed by atoms with E-state index in [4.69, 9.17) is 16.3 Å². The fourth-order valence-corrected chi connectivity index (χ4v) is 3.76. The molecule has 0 radical (unpaired) electrons. The molecule has 1 aliphatic rings. The Bertz CT molecular complexity index is 618. The van der Waals surface area contributed by atoms with Gasteiger partial charge in [0.25, 0.3) is 0 Å². The van der Waals surface area contributed by atoms with Crippen molar-refractivity contribution in [2.75, 3.05) is 20.7 Å². The van der Waals surface area contributed by atoms with E-state index in [1.807, 2.05) is 0 Å². The van der Waals surface area contributed by atoms with Crippen molar-refractivity contribution in [1.29, 1.82) is 0 Å². The van der Waals surface area contributed by atoms with Gasteiger partial charge < -0.3 is 4.74 Å². The molecule has 0 bridgehead atoms. The Morgan fingerprint density at radius 2 is 2.00 bits per heavy atom. The number of nitrogens with zero attached hydrogens (tertiary/aromatic N) is 1. The number of sulfonamides is 1. The second kappa shape index (κ2) is 6.31. The van der Waals surface area contributed by atoms with Gasteiger partial charge in [0.1, 0.15) is 6.04 Å². The zero-order valence-corrected chi connectivity index (χ0v) is 13.3. The van der Waals surface area contributed by atoms with E-state index in [0.29, 0.717) is 18.0 Å². The molecule has 1 aliphatic heterocycles. The number of carbonyl (C=O) groups is 1. The lowest BCUT2D eigenvalue weighted by atomic mass is 10.2. The van der Waals surface area contributed by atoms with Gasteiger partial charge in [0.15, 0.2) is 0 Å². The predicted octanol–water partition coefficient (Wildman–Crippen LogP) is 0.864. The number of carbonyl (C=O) groups excluding carboxylic acids is 1. The highest BCUT2D eigenvalue weighted by molar-refractivity contribution is 7.89. The normalized spacial score (nSPS) is 23.2. The molecule has 8 heteroatoms. The number of likely N-dealkylation sites (tertiary alicyclic amines) is 1. The molecule has 1 fully saturated rings. The van der Waals surface area contributed by atoms with E-state index in [9.17, 15) is 13.2 Å². The Labute approximate surface area is 129 Å². The molecule has 1 heterocycles. The molecular formula is C13H17ClN2O4S. The minimum atomic E-state index is -3.63. The van der Waals surface area contributed by atoms with E-state index >= 15 is 0 Å². The number of likely N-dealkylation sites (N-methyl/N-ethyl adjacent to an activating group) is 1. The second-order valence-corrected chi connectivity index (χ2v) is 7.14. The lowest BCUT2D eigenvalue weighted by molar-refractivity contribution is -0.145. The highest BCUT2D eigenvalue weighted by atomic mass is 35.5. The van der Waals surface area contributed by atoms with Gasteiger partial charge in [0.05, 0.1) is 12.0 Å². The number of esters is 1. The quantitative estimate of drug-likeness (QED) is 0.828. The first-order valence-electron chi connectivity index (χ1n) is 6.39. The monoisotopic (exact) mass is 332 g/mol. The number of halogens is 1. The Morgan fingerprint density at radius 1 is 1.38 bits per heavy atom. The van der Waals surface area contributed by atoms with Crippen molar-refractivity contribution in [1.82, 2.24) is 9.62 Å². The minimum absolute atomic E-state index is 0.149. The smallest absolute Gasteiger partial charge is 0.323 e. The van der Waals surface area contributed by atoms with Crippen molar-refractivity contribution in [2.45, 2.75) is 23.4 Å². The summed E-state index contributed by atoms with van der Waals surface area (Å²) in [7, 11) is -0.544. The van der Waals surface area contributed by atoms with Gasteiger partial charge in [-0.2, -0.15) is 0 Å². The van der Waals surface area contributed by atoms with Crippen molar-refractivity contribution in [3.8, 4) is 0 Å². The van der Waals surface area contributed by atoms with E-state index in [2.05, 4.69) is 4.72 Å². The van der Waals surface area contributed by atoms with E-state index in [1.54, 1.807) is 11.9 Å². The van der Waals surface area contributed by atoms with Crippen LogP contribution in [-0.4, -0.2) is 52.1 Å². The molecule has 0 aromatic heterocycles. The van der Waals surface area contributed by atoms with E-state index < -0.39 is 16.1 Å². The number of ether oxygens (including phenoxy) is 1. The topological polar surface area (TPSA) is 75.7 Å². The zero-order valence-electron chi connectivity index (χ0n) is 11.7. The molecule has 21 heavy (non-hydrogen) atoms. The summed E-state index contributed by atoms with van der Waals surface area (Å²) in [5.41, 5.74) is 0. The van der Waals surface area contributed by atoms with E-state index in [1.165, 1.54) is 31.4 Å². The standard InChI is InChI=1S/C13H17ClN2O4S/c1-16-8-10(7-12(16)13(17)20-2)15-21(18,19)11-5-3-9(14)4-6-11/h3-6,10,12,15H,7-8H2,1-2H3/t10-,12-/m0/s1. The molecule has 0 saturated carbocycles. The maximum absolute atomic E-state index is 12.3. The number of rotatable bonds is 4. The van der Waals surface area contributed by atoms with Crippen LogP contribution >= 0.6 is 11.6 Å². The van der Waals surface area contributed by atoms with Crippen molar-refractivity contribution >= 4 is 27.6 Å². The summed E-state index contributed by atoms with van der Waals surface area (Å²) in [6.45, 7) is 0.451. The maximum atomic E-state index is 12.3. The van der Waals surface area contributed by atoms with Gasteiger partial charge in [-0.05, 0) is 37.7 Å². The lowest BCUT2D eigenvalue weighted by Crippen LogP contribution is -2.36. The van der Waals surface area contributed by atoms with Gasteiger partial charge in [-0.15, -0.1) is 0 Å². The van der Waals surface area contributed by atoms with Crippen LogP contribution in [0.25, 0.3) is 0 Å². The van der Waals surface area contributed by atoms with Crippen LogP contribution in [0.2, 0.25) is 5.02 Å². The summed E-state index contributed by atoms with van der Waals surface area (Å²) in [4.78, 5) is 13.5. The van der Waals surface area contributed by atoms with Crippen LogP contribution in [-0.2, 0) is 19.6 Å². The molecule has 2 rings (SSSR count). The summed E-state index contributed by atoms with van der Waals surface area (Å²) >= 11 is 5.75. The van der Waals surface area contributed by atoms with Gasteiger partial charge in [-0.3, -0.25) is 9.69 Å². The van der Waals surface area contributed by atoms with Gasteiger partial charge >= 0.3 is 5.97 Å². The second-order valence-electron chi connectivity index (χ2n) is 4.99. The molecular weight excluding hydrogens is 316 g/mol. The highest BCUT2D eigenvalue weighted by Crippen LogP contribution is 2.20. The molecule has 0 aliphatic carbocycles. The Kier molecular flexibility index (Phi) is 4.88. The summed E-state index contributed by atoms with van der Waals surface area (Å²) in [6.07, 6.45) is 0.385. The third-order valence-electron chi connectivity index (χ3n) is 3.47. The third kappa shape index (κ3) is 3.74. The molecule has 1 N–H and O–H groups in total. The fraction of sp³-hybridized carbons (Fsp3) is 0.462. The molecule has 1 aromatic carbocycles. The van der Waals surface area contributed by atoms with Crippen molar-refractivity contribution in [3.05, 3.63) is 29.3 Å². The van der Waals surface area contributed by atoms with Crippen LogP contribution in [0.1, 0.15) is 6.42 Å². The third-order valence-corrected chi connectivity index (χ3v) is 5.26. The summed E-state index contributed by atoms with van der Waals surface area (Å²) in [6, 6.07) is 5.18. The van der Waals surface area contributed by atoms with Gasteiger partial charge in [-0.1, -0.05) is 11.6 Å². The van der Waals surface area contributed by atoms with Crippen LogP contribution < -0.4 is 4.72 Å². The number of methoxy groups -OCH3 is 1. The largest absolute Gasteiger partial charge is 0.468 e. The Morgan fingerprint density at radius 3 is 2.57 bits per heavy atom. The SMILES string of the molecule is COC(=O)[C@@H]1C[C@H](NS(=O)(=O)c2ccc(Cl)cc2)CN1C. The summed E-state index contributed by atoms with van der Waals surface area (Å²) in [5.74, 6) is -0.356. The van der Waals surface area contributed by atoms with E-state index in [-0.39, 0.29) is 16.9 Å². The number of hydrogen-bond acceptors (Lipinski definition) is 5. The summed E-state index contributed by atoms with van der Waals surface area (Å²) < 4.78 is 31.8. The molecule has 0 amide bonds. The first-order chi connectivity index (χ1) is 9.83. The number of hydrogen-bond donors (Lipinski definition) is 1. The van der Waals surface area contributed by atoms with Crippen molar-refractivity contribution in [2.24, 2.45) is 0 Å². The first-order valence-corrected chi connectivity index (χ1v) is 8.25. The average Bonchev–Trinajstić information content (AvgIpc) is 2.78. The van der Waals surface area contributed by atoms with Crippen LogP contribution in [0.4, 0.5) is 0 Å². The zero-order chi connectivity index (χ0) is 15.6. The van der Waals surface area contributed by atoms with Crippen LogP contribution in [0.3, 0.4) is 0 Å². The molecule has 1 aromatic rings. The van der Waals surface area contributed by atoms with Crippen molar-refractivity contribution in [3.63, 3.8) is 0 Å². The molecule has 1 saturated heterocycles. The first kappa shape index (κ1) is 16.2. The number of benzene rings is 1. The molecule has 116 valence electrons. The van der Waals surface area contributed by atoms with Gasteiger partial charge in [0.2, 0.25) is 10.0 Å². The summed E-state index contributed by atoms with van der Waals surface area (Å²) in [5, 5.41) is 0.473. The molecule has 6 nitrogen and oxygen atoms in total. The van der Waals surface area contributed by atoms with E-state index in [0.717, 1.165) is 0 Å². The van der Waals surface area contributed by atoms with Crippen LogP contribution in [0, 0.1) is 0 Å². The minimum Gasteiger partial charge on any atom is -0.468 e. The lowest BCUT2D eigenvalue weighted by Gasteiger charge is -2.15. The predicted molar refractivity (Wildman–Crippen MR) is 78.6 cm³/mol. The molecule has 2 atom stereocenters. The van der Waals surface area contributed by atoms with Crippen LogP contribution in [0.5, 0.6) is 0 Å². The van der Waals surface area contributed by atoms with Crippen LogP contribution in [0.15, 0.2) is 29.2 Å².